The topological polar surface area (TPSA) is 3.24 Å². The summed E-state index contributed by atoms with van der Waals surface area (Å²) in [6, 6.07) is -22.3. The van der Waals surface area contributed by atoms with Crippen LogP contribution in [0.1, 0.15) is 71.6 Å². The summed E-state index contributed by atoms with van der Waals surface area (Å²) in [7, 11) is 0. The highest BCUT2D eigenvalue weighted by Gasteiger charge is 2.52. The molecule has 0 amide bonds. The fraction of sp³-hybridized carbons (Fsp3) is 0.0141. The molecule has 13 aromatic rings. The fourth-order valence-corrected chi connectivity index (χ4v) is 10.9. The number of hydrogen-bond acceptors (Lipinski definition) is 2. The fourth-order valence-electron chi connectivity index (χ4n) is 9.94. The summed E-state index contributed by atoms with van der Waals surface area (Å²) in [5.74, 6) is 0. The molecular weight excluding hydrogens is 899 g/mol. The van der Waals surface area contributed by atoms with Gasteiger partial charge in [-0.05, 0) is 143 Å². The molecule has 2 heteroatoms. The SMILES string of the molecule is [2H]c1cc2c(c([2H])c1[2H])-c1c([2H])cccc1C21c2c([2H])c([2H])c([2H])c([2H])c2-c2c(N(c3cc([2H])c(-c4c([2H])c([2H])c5c([2H])c([2H])c([2H])cc5c4-c4c([2H])c([2H])c5c(sc6c([2H])c([2H])c([2H])c([2H])c65)c4[2H])c([2H])c3[2H])c3c([2H])c(-c4c([2H])cccc4[2H])c([2H])c(-c4c([2H])c([2H])c([2H])c([2H])c4[2H])c3[2H])c([2H])c([2H])c([2H])c21. The maximum atomic E-state index is 10.6. The van der Waals surface area contributed by atoms with Gasteiger partial charge in [-0.1, -0.05) is 224 Å². The molecule has 1 atom stereocenters. The van der Waals surface area contributed by atoms with E-state index in [0.717, 1.165) is 24.3 Å². The van der Waals surface area contributed by atoms with Gasteiger partial charge in [0.1, 0.15) is 0 Å². The van der Waals surface area contributed by atoms with E-state index in [9.17, 15) is 32.9 Å². The Morgan fingerprint density at radius 2 is 1.04 bits per heavy atom. The van der Waals surface area contributed by atoms with Crippen molar-refractivity contribution in [3.8, 4) is 66.8 Å². The van der Waals surface area contributed by atoms with Gasteiger partial charge in [0, 0.05) is 37.1 Å². The number of hydrogen-bond donors (Lipinski definition) is 0. The second-order valence-corrected chi connectivity index (χ2v) is 17.7. The maximum absolute atomic E-state index is 10.6. The second kappa shape index (κ2) is 16.5. The largest absolute Gasteiger partial charge is 0.310 e. The number of thiophene rings is 1. The van der Waals surface area contributed by atoms with E-state index in [2.05, 4.69) is 0 Å². The average molecular weight is 980 g/mol. The van der Waals surface area contributed by atoms with Gasteiger partial charge < -0.3 is 4.90 Å². The quantitative estimate of drug-likeness (QED) is 0.154. The van der Waals surface area contributed by atoms with Crippen LogP contribution in [0.4, 0.5) is 17.1 Å². The zero-order valence-electron chi connectivity index (χ0n) is 73.1. The van der Waals surface area contributed by atoms with Crippen LogP contribution in [0.5, 0.6) is 0 Å². The molecule has 1 aromatic heterocycles. The molecule has 2 aliphatic rings. The Labute approximate surface area is 479 Å². The van der Waals surface area contributed by atoms with Crippen molar-refractivity contribution in [2.24, 2.45) is 0 Å². The Morgan fingerprint density at radius 1 is 0.329 bits per heavy atom. The predicted octanol–water partition coefficient (Wildman–Crippen LogP) is 19.7. The molecular formula is C71H45NS. The molecule has 12 aromatic carbocycles. The van der Waals surface area contributed by atoms with E-state index in [1.807, 2.05) is 0 Å². The first-order chi connectivity index (χ1) is 51.2. The normalized spacial score (nSPS) is 21.0. The first-order valence-electron chi connectivity index (χ1n) is 40.3. The summed E-state index contributed by atoms with van der Waals surface area (Å²) in [6.45, 7) is 0. The molecule has 1 spiro atoms. The number of fused-ring (bicyclic) bond motifs is 14. The van der Waals surface area contributed by atoms with Crippen molar-refractivity contribution in [2.45, 2.75) is 5.41 Å². The van der Waals surface area contributed by atoms with Gasteiger partial charge in [-0.15, -0.1) is 11.3 Å². The number of rotatable bonds is 7. The molecule has 15 rings (SSSR count). The van der Waals surface area contributed by atoms with Crippen molar-refractivity contribution >= 4 is 59.3 Å². The van der Waals surface area contributed by atoms with Crippen molar-refractivity contribution in [3.63, 3.8) is 0 Å². The van der Waals surface area contributed by atoms with Gasteiger partial charge >= 0.3 is 0 Å². The second-order valence-electron chi connectivity index (χ2n) is 16.6. The molecule has 1 unspecified atom stereocenters. The molecule has 0 fully saturated rings. The number of benzene rings is 12. The average Bonchev–Trinajstić information content (AvgIpc) is 1.48. The van der Waals surface area contributed by atoms with Crippen LogP contribution in [0, 0.1) is 0 Å². The summed E-state index contributed by atoms with van der Waals surface area (Å²) in [6.07, 6.45) is 0. The molecule has 2 aliphatic carbocycles. The zero-order chi connectivity index (χ0) is 79.4. The summed E-state index contributed by atoms with van der Waals surface area (Å²) in [5.41, 5.74) is -15.5. The number of nitrogens with zero attached hydrogens (tertiary/aromatic N) is 1. The van der Waals surface area contributed by atoms with Crippen molar-refractivity contribution in [1.82, 2.24) is 0 Å². The first-order valence-corrected chi connectivity index (χ1v) is 23.1. The predicted molar refractivity (Wildman–Crippen MR) is 310 cm³/mol. The first kappa shape index (κ1) is 19.5. The monoisotopic (exact) mass is 980 g/mol. The summed E-state index contributed by atoms with van der Waals surface area (Å²) in [5, 5.41) is -1.59. The maximum Gasteiger partial charge on any atom is 0.0726 e. The van der Waals surface area contributed by atoms with Crippen LogP contribution in [0.3, 0.4) is 0 Å². The number of anilines is 3. The molecule has 0 bridgehead atoms. The Bertz CT molecular complexity index is 6470. The van der Waals surface area contributed by atoms with Crippen LogP contribution in [0.25, 0.3) is 97.7 Å². The minimum absolute atomic E-state index is 0.141. The van der Waals surface area contributed by atoms with E-state index in [1.165, 1.54) is 24.3 Å². The Kier molecular flexibility index (Phi) is 4.41. The highest BCUT2D eigenvalue weighted by molar-refractivity contribution is 7.25. The van der Waals surface area contributed by atoms with E-state index in [1.54, 1.807) is 0 Å². The van der Waals surface area contributed by atoms with Gasteiger partial charge in [0.05, 0.1) is 60.4 Å². The Balaban J connectivity index is 1.18. The van der Waals surface area contributed by atoms with Crippen molar-refractivity contribution in [3.05, 3.63) is 294 Å². The summed E-state index contributed by atoms with van der Waals surface area (Å²) in [4.78, 5) is 0.578. The van der Waals surface area contributed by atoms with Crippen molar-refractivity contribution in [1.29, 1.82) is 0 Å². The zero-order valence-corrected chi connectivity index (χ0v) is 37.9. The van der Waals surface area contributed by atoms with Crippen LogP contribution in [0.15, 0.2) is 272 Å². The van der Waals surface area contributed by atoms with E-state index < -0.39 is 311 Å². The Hall–Kier alpha value is -9.08. The van der Waals surface area contributed by atoms with Crippen LogP contribution >= 0.6 is 11.3 Å². The van der Waals surface area contributed by atoms with Gasteiger partial charge in [-0.2, -0.15) is 0 Å². The van der Waals surface area contributed by atoms with Gasteiger partial charge in [0.2, 0.25) is 0 Å². The van der Waals surface area contributed by atoms with Crippen molar-refractivity contribution in [2.75, 3.05) is 4.90 Å². The summed E-state index contributed by atoms with van der Waals surface area (Å²) >= 11 is 0.610. The molecule has 340 valence electrons. The van der Waals surface area contributed by atoms with E-state index in [-0.39, 0.29) is 48.5 Å². The third kappa shape index (κ3) is 6.34. The molecule has 0 saturated heterocycles. The lowest BCUT2D eigenvalue weighted by molar-refractivity contribution is 0.794. The van der Waals surface area contributed by atoms with E-state index >= 15 is 0 Å². The van der Waals surface area contributed by atoms with Crippen LogP contribution in [0.2, 0.25) is 0 Å². The van der Waals surface area contributed by atoms with Gasteiger partial charge in [-0.3, -0.25) is 0 Å². The molecule has 1 nitrogen and oxygen atoms in total. The van der Waals surface area contributed by atoms with Crippen molar-refractivity contribution < 1.29 is 49.3 Å². The van der Waals surface area contributed by atoms with E-state index in [4.69, 9.17) is 16.4 Å². The molecule has 0 aliphatic heterocycles. The molecule has 0 radical (unpaired) electrons. The van der Waals surface area contributed by atoms with Crippen LogP contribution in [-0.2, 0) is 5.41 Å². The van der Waals surface area contributed by atoms with Gasteiger partial charge in [0.25, 0.3) is 0 Å². The highest BCUT2D eigenvalue weighted by Crippen LogP contribution is 2.65. The lowest BCUT2D eigenvalue weighted by Crippen LogP contribution is -2.26. The lowest BCUT2D eigenvalue weighted by Gasteiger charge is -2.32. The van der Waals surface area contributed by atoms with Crippen LogP contribution < -0.4 is 4.90 Å². The Morgan fingerprint density at radius 3 is 1.96 bits per heavy atom. The molecule has 73 heavy (non-hydrogen) atoms. The minimum atomic E-state index is -2.54. The smallest absolute Gasteiger partial charge is 0.0726 e. The minimum Gasteiger partial charge on any atom is -0.310 e. The van der Waals surface area contributed by atoms with Gasteiger partial charge in [0.15, 0.2) is 0 Å². The third-order valence-electron chi connectivity index (χ3n) is 12.9. The standard InChI is InChI=1S/C71H45NS/c1-3-18-46(19-4-1)51-42-52(47-20-5-2-6-21-47)44-54(43-51)72(66-32-17-31-65-70(66)61-27-11-15-30-64(61)71(65)62-28-13-9-24-57(62)58-25-10-14-29-63(58)71)53-38-34-49(35-39-53)56-40-36-48-22-7-8-23-55(48)69(56)50-37-41-60-59-26-12-16-33-67(59)73-68(60)45-50/h1-45H/i1D,3D,4D,7D,8D,9D,11D,12D,13D,15D,16D,17D,18D,19D,20D,21D,22D,24D,25D,26D,27D,30D,31D,32D,33D,34D,35D,36D,37D,38D,40D,41D,42D,43D,44D,45D. The van der Waals surface area contributed by atoms with E-state index in [0.29, 0.717) is 22.3 Å². The molecule has 1 heterocycles. The lowest BCUT2D eigenvalue weighted by atomic mass is 9.70. The third-order valence-corrected chi connectivity index (χ3v) is 13.9. The summed E-state index contributed by atoms with van der Waals surface area (Å²) < 4.78 is 343. The molecule has 0 saturated carbocycles. The molecule has 0 N–H and O–H groups in total. The highest BCUT2D eigenvalue weighted by atomic mass is 32.1. The van der Waals surface area contributed by atoms with Gasteiger partial charge in [-0.25, -0.2) is 0 Å². The van der Waals surface area contributed by atoms with Crippen LogP contribution in [-0.4, -0.2) is 0 Å².